The molecule has 4 rings (SSSR count). The minimum atomic E-state index is -0.603. The number of ether oxygens (including phenoxy) is 1. The van der Waals surface area contributed by atoms with Crippen molar-refractivity contribution in [1.29, 1.82) is 0 Å². The lowest BCUT2D eigenvalue weighted by atomic mass is 10.1. The number of pyridine rings is 1. The van der Waals surface area contributed by atoms with Gasteiger partial charge in [0.1, 0.15) is 5.75 Å². The number of benzene rings is 1. The van der Waals surface area contributed by atoms with Crippen molar-refractivity contribution in [2.75, 3.05) is 0 Å². The number of hydrogen-bond donors (Lipinski definition) is 0. The number of fused-ring (bicyclic) bond motifs is 1. The summed E-state index contributed by atoms with van der Waals surface area (Å²) in [4.78, 5) is 27.9. The quantitative estimate of drug-likeness (QED) is 0.267. The van der Waals surface area contributed by atoms with Crippen LogP contribution in [0.25, 0.3) is 11.0 Å². The van der Waals surface area contributed by atoms with E-state index in [4.69, 9.17) is 21.3 Å². The third-order valence-electron chi connectivity index (χ3n) is 4.62. The molecule has 1 fully saturated rings. The van der Waals surface area contributed by atoms with Crippen LogP contribution >= 0.6 is 11.6 Å². The molecule has 0 aliphatic heterocycles. The van der Waals surface area contributed by atoms with E-state index >= 15 is 0 Å². The van der Waals surface area contributed by atoms with Crippen molar-refractivity contribution in [1.82, 2.24) is 14.8 Å². The summed E-state index contributed by atoms with van der Waals surface area (Å²) in [5.41, 5.74) is 1.66. The van der Waals surface area contributed by atoms with E-state index in [0.29, 0.717) is 22.5 Å². The van der Waals surface area contributed by atoms with Gasteiger partial charge in [-0.1, -0.05) is 11.6 Å². The van der Waals surface area contributed by atoms with Crippen molar-refractivity contribution in [3.05, 3.63) is 56.9 Å². The van der Waals surface area contributed by atoms with E-state index in [-0.39, 0.29) is 22.5 Å². The van der Waals surface area contributed by atoms with Crippen molar-refractivity contribution in [2.24, 2.45) is 0 Å². The van der Waals surface area contributed by atoms with Crippen molar-refractivity contribution < 1.29 is 14.5 Å². The monoisotopic (exact) mass is 400 g/mol. The average Bonchev–Trinajstić information content (AvgIpc) is 3.41. The number of non-ortho nitro benzene ring substituents is 1. The Morgan fingerprint density at radius 2 is 2.11 bits per heavy atom. The average molecular weight is 401 g/mol. The Balaban J connectivity index is 1.74. The lowest BCUT2D eigenvalue weighted by molar-refractivity contribution is -0.384. The summed E-state index contributed by atoms with van der Waals surface area (Å²) in [6, 6.07) is 5.54. The minimum Gasteiger partial charge on any atom is -0.421 e. The van der Waals surface area contributed by atoms with Gasteiger partial charge in [-0.25, -0.2) is 14.5 Å². The van der Waals surface area contributed by atoms with Crippen molar-refractivity contribution >= 4 is 34.3 Å². The molecule has 0 bridgehead atoms. The van der Waals surface area contributed by atoms with Gasteiger partial charge in [-0.15, -0.1) is 0 Å². The van der Waals surface area contributed by atoms with E-state index < -0.39 is 10.9 Å². The number of halogens is 1. The van der Waals surface area contributed by atoms with Crippen LogP contribution < -0.4 is 4.74 Å². The van der Waals surface area contributed by atoms with Crippen molar-refractivity contribution in [3.8, 4) is 5.75 Å². The van der Waals surface area contributed by atoms with Crippen LogP contribution in [0.1, 0.15) is 54.7 Å². The third-order valence-corrected chi connectivity index (χ3v) is 4.92. The Morgan fingerprint density at radius 3 is 2.71 bits per heavy atom. The Morgan fingerprint density at radius 1 is 1.36 bits per heavy atom. The van der Waals surface area contributed by atoms with Crippen LogP contribution in [-0.2, 0) is 0 Å². The molecule has 8 nitrogen and oxygen atoms in total. The summed E-state index contributed by atoms with van der Waals surface area (Å²) in [7, 11) is 0. The maximum absolute atomic E-state index is 12.9. The molecule has 0 saturated heterocycles. The molecule has 2 heterocycles. The number of nitro benzene ring substituents is 1. The van der Waals surface area contributed by atoms with Crippen molar-refractivity contribution in [2.45, 2.75) is 38.6 Å². The third kappa shape index (κ3) is 3.31. The minimum absolute atomic E-state index is 0.00635. The van der Waals surface area contributed by atoms with Gasteiger partial charge in [0, 0.05) is 29.8 Å². The van der Waals surface area contributed by atoms with Gasteiger partial charge in [0.2, 0.25) is 0 Å². The molecule has 144 valence electrons. The number of carbonyl (C=O) groups excluding carboxylic acids is 1. The molecule has 28 heavy (non-hydrogen) atoms. The zero-order chi connectivity index (χ0) is 20.0. The van der Waals surface area contributed by atoms with E-state index in [1.165, 1.54) is 12.1 Å². The zero-order valence-electron chi connectivity index (χ0n) is 15.3. The molecule has 0 unspecified atom stereocenters. The molecule has 2 aromatic heterocycles. The number of aromatic nitrogens is 3. The summed E-state index contributed by atoms with van der Waals surface area (Å²) in [6.45, 7) is 3.99. The number of esters is 1. The van der Waals surface area contributed by atoms with E-state index in [0.717, 1.165) is 24.6 Å². The molecule has 1 aliphatic carbocycles. The van der Waals surface area contributed by atoms with Gasteiger partial charge in [-0.3, -0.25) is 10.1 Å². The number of carbonyl (C=O) groups is 1. The lowest BCUT2D eigenvalue weighted by Gasteiger charge is -2.10. The molecule has 1 saturated carbocycles. The molecular formula is C19H17ClN4O4. The van der Waals surface area contributed by atoms with Crippen LogP contribution in [0, 0.1) is 10.1 Å². The standard InChI is InChI=1S/C19H17ClN4O4/c1-10(2)23-18-14(9-21-23)13(8-16(22-18)11-3-4-11)19(25)28-17-6-5-12(24(26)27)7-15(17)20/h5-11H,3-4H2,1-2H3. The highest BCUT2D eigenvalue weighted by Crippen LogP contribution is 2.40. The zero-order valence-corrected chi connectivity index (χ0v) is 16.0. The fraction of sp³-hybridized carbons (Fsp3) is 0.316. The maximum Gasteiger partial charge on any atom is 0.344 e. The summed E-state index contributed by atoms with van der Waals surface area (Å²) in [5, 5.41) is 15.8. The smallest absolute Gasteiger partial charge is 0.344 e. The second-order valence-corrected chi connectivity index (χ2v) is 7.46. The number of nitro groups is 1. The van der Waals surface area contributed by atoms with Crippen LogP contribution in [0.2, 0.25) is 5.02 Å². The Kier molecular flexibility index (Phi) is 4.50. The second kappa shape index (κ2) is 6.87. The molecular weight excluding hydrogens is 384 g/mol. The largest absolute Gasteiger partial charge is 0.421 e. The maximum atomic E-state index is 12.9. The van der Waals surface area contributed by atoms with Gasteiger partial charge in [-0.05, 0) is 38.8 Å². The van der Waals surface area contributed by atoms with Gasteiger partial charge in [-0.2, -0.15) is 5.10 Å². The number of hydrogen-bond acceptors (Lipinski definition) is 6. The number of nitrogens with zero attached hydrogens (tertiary/aromatic N) is 4. The molecule has 0 radical (unpaired) electrons. The van der Waals surface area contributed by atoms with E-state index in [9.17, 15) is 14.9 Å². The summed E-state index contributed by atoms with van der Waals surface area (Å²) < 4.78 is 7.22. The SMILES string of the molecule is CC(C)n1ncc2c(C(=O)Oc3ccc([N+](=O)[O-])cc3Cl)cc(C3CC3)nc21. The first-order valence-electron chi connectivity index (χ1n) is 8.89. The highest BCUT2D eigenvalue weighted by atomic mass is 35.5. The predicted octanol–water partition coefficient (Wildman–Crippen LogP) is 4.67. The van der Waals surface area contributed by atoms with Crippen molar-refractivity contribution in [3.63, 3.8) is 0 Å². The first kappa shape index (κ1) is 18.4. The molecule has 0 N–H and O–H groups in total. The van der Waals surface area contributed by atoms with Gasteiger partial charge in [0.15, 0.2) is 5.65 Å². The van der Waals surface area contributed by atoms with Gasteiger partial charge < -0.3 is 4.74 Å². The predicted molar refractivity (Wildman–Crippen MR) is 103 cm³/mol. The van der Waals surface area contributed by atoms with Crippen LogP contribution in [0.4, 0.5) is 5.69 Å². The Labute approximate surface area is 165 Å². The topological polar surface area (TPSA) is 100 Å². The van der Waals surface area contributed by atoms with Crippen LogP contribution in [-0.4, -0.2) is 25.7 Å². The molecule has 1 aromatic carbocycles. The Bertz CT molecular complexity index is 1100. The molecule has 0 amide bonds. The van der Waals surface area contributed by atoms with E-state index in [2.05, 4.69) is 5.10 Å². The van der Waals surface area contributed by atoms with E-state index in [1.54, 1.807) is 16.9 Å². The Hall–Kier alpha value is -3.00. The van der Waals surface area contributed by atoms with Gasteiger partial charge in [0.25, 0.3) is 5.69 Å². The van der Waals surface area contributed by atoms with Gasteiger partial charge >= 0.3 is 5.97 Å². The molecule has 1 aliphatic rings. The molecule has 0 spiro atoms. The normalized spacial score (nSPS) is 13.9. The van der Waals surface area contributed by atoms with Crippen LogP contribution in [0.15, 0.2) is 30.5 Å². The van der Waals surface area contributed by atoms with Crippen LogP contribution in [0.3, 0.4) is 0 Å². The summed E-state index contributed by atoms with van der Waals surface area (Å²) in [5.74, 6) is -0.200. The fourth-order valence-corrected chi connectivity index (χ4v) is 3.23. The molecule has 3 aromatic rings. The van der Waals surface area contributed by atoms with E-state index in [1.807, 2.05) is 13.8 Å². The second-order valence-electron chi connectivity index (χ2n) is 7.05. The number of rotatable bonds is 5. The highest BCUT2D eigenvalue weighted by molar-refractivity contribution is 6.32. The summed E-state index contributed by atoms with van der Waals surface area (Å²) >= 11 is 6.05. The fourth-order valence-electron chi connectivity index (χ4n) is 3.01. The lowest BCUT2D eigenvalue weighted by Crippen LogP contribution is -2.11. The summed E-state index contributed by atoms with van der Waals surface area (Å²) in [6.07, 6.45) is 3.68. The van der Waals surface area contributed by atoms with Gasteiger partial charge in [0.05, 0.1) is 27.1 Å². The first-order valence-corrected chi connectivity index (χ1v) is 9.27. The van der Waals surface area contributed by atoms with Crippen LogP contribution in [0.5, 0.6) is 5.75 Å². The molecule has 0 atom stereocenters. The molecule has 9 heteroatoms. The first-order chi connectivity index (χ1) is 13.3. The highest BCUT2D eigenvalue weighted by Gasteiger charge is 2.29.